The zero-order valence-electron chi connectivity index (χ0n) is 15.2. The third-order valence-corrected chi connectivity index (χ3v) is 6.73. The van der Waals surface area contributed by atoms with Gasteiger partial charge in [0.05, 0.1) is 18.1 Å². The summed E-state index contributed by atoms with van der Waals surface area (Å²) in [5.74, 6) is -0.133. The van der Waals surface area contributed by atoms with E-state index in [0.717, 1.165) is 38.2 Å². The lowest BCUT2D eigenvalue weighted by atomic mass is 9.99. The van der Waals surface area contributed by atoms with Gasteiger partial charge in [-0.3, -0.25) is 0 Å². The van der Waals surface area contributed by atoms with Crippen LogP contribution < -0.4 is 15.2 Å². The molecule has 3 rings (SSSR count). The summed E-state index contributed by atoms with van der Waals surface area (Å²) in [6.45, 7) is 1.90. The van der Waals surface area contributed by atoms with Gasteiger partial charge in [-0.25, -0.2) is 17.5 Å². The molecule has 6 nitrogen and oxygen atoms in total. The molecule has 1 aliphatic heterocycles. The average molecular weight is 423 g/mol. The molecule has 154 valence electrons. The molecule has 1 saturated carbocycles. The summed E-state index contributed by atoms with van der Waals surface area (Å²) in [5, 5.41) is 0. The second-order valence-electron chi connectivity index (χ2n) is 7.14. The first kappa shape index (κ1) is 22.4. The molecule has 9 heteroatoms. The lowest BCUT2D eigenvalue weighted by molar-refractivity contribution is 0.165. The molecule has 27 heavy (non-hydrogen) atoms. The summed E-state index contributed by atoms with van der Waals surface area (Å²) in [4.78, 5) is -0.108. The minimum atomic E-state index is -3.82. The Balaban J connectivity index is 0.00000261. The zero-order chi connectivity index (χ0) is 18.6. The van der Waals surface area contributed by atoms with Crippen molar-refractivity contribution in [1.29, 1.82) is 0 Å². The van der Waals surface area contributed by atoms with Crippen LogP contribution in [0.5, 0.6) is 5.75 Å². The van der Waals surface area contributed by atoms with Crippen molar-refractivity contribution in [2.45, 2.75) is 43.0 Å². The number of sulfonamides is 1. The standard InChI is InChI=1S/C18H27FN2O4S.ClH/c19-16-9-15(5-6-18(16)25-12-13-7-8-24-11-13)26(22,23)21-17(10-20)14-3-1-2-4-14;/h5-6,9,13-14,17,21H,1-4,7-8,10-12,20H2;1H. The fourth-order valence-corrected chi connectivity index (χ4v) is 4.98. The highest BCUT2D eigenvalue weighted by atomic mass is 35.5. The topological polar surface area (TPSA) is 90.7 Å². The van der Waals surface area contributed by atoms with Crippen molar-refractivity contribution in [1.82, 2.24) is 4.72 Å². The maximum absolute atomic E-state index is 14.3. The molecule has 2 unspecified atom stereocenters. The first-order valence-corrected chi connectivity index (χ1v) is 10.7. The van der Waals surface area contributed by atoms with E-state index < -0.39 is 15.8 Å². The number of benzene rings is 1. The van der Waals surface area contributed by atoms with Gasteiger partial charge in [0.1, 0.15) is 0 Å². The van der Waals surface area contributed by atoms with Crippen LogP contribution in [0, 0.1) is 17.7 Å². The Hall–Kier alpha value is -0.930. The maximum atomic E-state index is 14.3. The molecule has 2 atom stereocenters. The zero-order valence-corrected chi connectivity index (χ0v) is 16.9. The van der Waals surface area contributed by atoms with Crippen molar-refractivity contribution in [3.8, 4) is 5.75 Å². The smallest absolute Gasteiger partial charge is 0.240 e. The van der Waals surface area contributed by atoms with Crippen LogP contribution in [0.25, 0.3) is 0 Å². The molecule has 0 bridgehead atoms. The van der Waals surface area contributed by atoms with Crippen molar-refractivity contribution in [3.63, 3.8) is 0 Å². The Bertz CT molecular complexity index is 707. The lowest BCUT2D eigenvalue weighted by Gasteiger charge is -2.23. The Morgan fingerprint density at radius 3 is 2.63 bits per heavy atom. The Kier molecular flexibility index (Phi) is 8.30. The Morgan fingerprint density at radius 2 is 2.04 bits per heavy atom. The molecule has 1 aromatic rings. The normalized spacial score (nSPS) is 21.8. The average Bonchev–Trinajstić information content (AvgIpc) is 3.32. The molecule has 0 spiro atoms. The van der Waals surface area contributed by atoms with Gasteiger partial charge in [0.25, 0.3) is 0 Å². The van der Waals surface area contributed by atoms with E-state index in [-0.39, 0.29) is 47.5 Å². The molecular weight excluding hydrogens is 395 g/mol. The van der Waals surface area contributed by atoms with Crippen LogP contribution in [0.3, 0.4) is 0 Å². The summed E-state index contributed by atoms with van der Waals surface area (Å²) in [6, 6.07) is 3.43. The highest BCUT2D eigenvalue weighted by Crippen LogP contribution is 2.29. The van der Waals surface area contributed by atoms with E-state index in [1.54, 1.807) is 0 Å². The maximum Gasteiger partial charge on any atom is 0.240 e. The molecule has 0 radical (unpaired) electrons. The predicted molar refractivity (Wildman–Crippen MR) is 103 cm³/mol. The summed E-state index contributed by atoms with van der Waals surface area (Å²) in [5.41, 5.74) is 5.76. The predicted octanol–water partition coefficient (Wildman–Crippen LogP) is 2.46. The number of ether oxygens (including phenoxy) is 2. The van der Waals surface area contributed by atoms with Gasteiger partial charge in [0, 0.05) is 25.1 Å². The quantitative estimate of drug-likeness (QED) is 0.671. The van der Waals surface area contributed by atoms with Crippen molar-refractivity contribution >= 4 is 22.4 Å². The highest BCUT2D eigenvalue weighted by molar-refractivity contribution is 7.89. The van der Waals surface area contributed by atoms with Gasteiger partial charge in [-0.2, -0.15) is 0 Å². The van der Waals surface area contributed by atoms with Crippen molar-refractivity contribution in [2.24, 2.45) is 17.6 Å². The fourth-order valence-electron chi connectivity index (χ4n) is 3.65. The van der Waals surface area contributed by atoms with Crippen LogP contribution >= 0.6 is 12.4 Å². The molecule has 3 N–H and O–H groups in total. The van der Waals surface area contributed by atoms with Gasteiger partial charge in [-0.1, -0.05) is 12.8 Å². The number of hydrogen-bond donors (Lipinski definition) is 2. The van der Waals surface area contributed by atoms with Crippen molar-refractivity contribution in [3.05, 3.63) is 24.0 Å². The molecule has 2 fully saturated rings. The van der Waals surface area contributed by atoms with E-state index in [4.69, 9.17) is 15.2 Å². The number of halogens is 2. The van der Waals surface area contributed by atoms with Crippen molar-refractivity contribution < 1.29 is 22.3 Å². The molecule has 0 amide bonds. The number of nitrogens with one attached hydrogen (secondary N) is 1. The van der Waals surface area contributed by atoms with Gasteiger partial charge >= 0.3 is 0 Å². The second-order valence-corrected chi connectivity index (χ2v) is 8.85. The van der Waals surface area contributed by atoms with E-state index in [2.05, 4.69) is 4.72 Å². The fraction of sp³-hybridized carbons (Fsp3) is 0.667. The van der Waals surface area contributed by atoms with E-state index in [1.165, 1.54) is 12.1 Å². The number of hydrogen-bond acceptors (Lipinski definition) is 5. The number of rotatable bonds is 8. The van der Waals surface area contributed by atoms with Crippen LogP contribution in [0.2, 0.25) is 0 Å². The summed E-state index contributed by atoms with van der Waals surface area (Å²) >= 11 is 0. The molecule has 0 aromatic heterocycles. The van der Waals surface area contributed by atoms with Crippen LogP contribution in [0.4, 0.5) is 4.39 Å². The van der Waals surface area contributed by atoms with Crippen molar-refractivity contribution in [2.75, 3.05) is 26.4 Å². The Morgan fingerprint density at radius 1 is 1.30 bits per heavy atom. The van der Waals surface area contributed by atoms with E-state index in [9.17, 15) is 12.8 Å². The van der Waals surface area contributed by atoms with E-state index >= 15 is 0 Å². The third-order valence-electron chi connectivity index (χ3n) is 5.24. The number of nitrogens with two attached hydrogens (primary N) is 1. The monoisotopic (exact) mass is 422 g/mol. The minimum absolute atomic E-state index is 0. The van der Waals surface area contributed by atoms with Gasteiger partial charge in [-0.05, 0) is 43.4 Å². The second kappa shape index (κ2) is 10.0. The first-order chi connectivity index (χ1) is 12.5. The van der Waals surface area contributed by atoms with E-state index in [1.807, 2.05) is 0 Å². The van der Waals surface area contributed by atoms with Crippen LogP contribution in [0.1, 0.15) is 32.1 Å². The molecule has 2 aliphatic rings. The van der Waals surface area contributed by atoms with E-state index in [0.29, 0.717) is 19.8 Å². The van der Waals surface area contributed by atoms with Gasteiger partial charge in [0.2, 0.25) is 10.0 Å². The molecule has 1 heterocycles. The largest absolute Gasteiger partial charge is 0.490 e. The van der Waals surface area contributed by atoms with Gasteiger partial charge < -0.3 is 15.2 Å². The first-order valence-electron chi connectivity index (χ1n) is 9.22. The highest BCUT2D eigenvalue weighted by Gasteiger charge is 2.29. The van der Waals surface area contributed by atoms with Crippen LogP contribution in [-0.2, 0) is 14.8 Å². The third kappa shape index (κ3) is 5.77. The molecule has 1 saturated heterocycles. The van der Waals surface area contributed by atoms with Gasteiger partial charge in [0.15, 0.2) is 11.6 Å². The summed E-state index contributed by atoms with van der Waals surface area (Å²) in [7, 11) is -3.82. The molecule has 1 aliphatic carbocycles. The SMILES string of the molecule is Cl.NCC(NS(=O)(=O)c1ccc(OCC2CCOC2)c(F)c1)C1CCCC1. The molecular formula is C18H28ClFN2O4S. The van der Waals surface area contributed by atoms with Gasteiger partial charge in [-0.15, -0.1) is 12.4 Å². The van der Waals surface area contributed by atoms with Crippen LogP contribution in [-0.4, -0.2) is 40.8 Å². The molecule has 1 aromatic carbocycles. The van der Waals surface area contributed by atoms with Crippen LogP contribution in [0.15, 0.2) is 23.1 Å². The lowest BCUT2D eigenvalue weighted by Crippen LogP contribution is -2.44. The summed E-state index contributed by atoms with van der Waals surface area (Å²) < 4.78 is 52.9. The summed E-state index contributed by atoms with van der Waals surface area (Å²) in [6.07, 6.45) is 5.01. The minimum Gasteiger partial charge on any atom is -0.490 e. The Labute approximate surface area is 166 Å².